The highest BCUT2D eigenvalue weighted by Gasteiger charge is 2.28. The minimum atomic E-state index is 0.272. The highest BCUT2D eigenvalue weighted by atomic mass is 16.5. The van der Waals surface area contributed by atoms with E-state index >= 15 is 0 Å². The Labute approximate surface area is 128 Å². The van der Waals surface area contributed by atoms with Crippen LogP contribution in [0.15, 0.2) is 18.5 Å². The second kappa shape index (κ2) is 5.49. The first-order chi connectivity index (χ1) is 10.8. The maximum Gasteiger partial charge on any atom is 0.219 e. The number of hydrogen-bond acceptors (Lipinski definition) is 7. The van der Waals surface area contributed by atoms with Gasteiger partial charge < -0.3 is 15.4 Å². The van der Waals surface area contributed by atoms with Crippen molar-refractivity contribution in [3.63, 3.8) is 0 Å². The zero-order valence-corrected chi connectivity index (χ0v) is 12.3. The first-order valence-electron chi connectivity index (χ1n) is 7.59. The molecule has 22 heavy (non-hydrogen) atoms. The number of hydrogen-bond donors (Lipinski definition) is 1. The second-order valence-corrected chi connectivity index (χ2v) is 5.67. The Morgan fingerprint density at radius 2 is 1.82 bits per heavy atom. The summed E-state index contributed by atoms with van der Waals surface area (Å²) in [6.07, 6.45) is 5.77. The Bertz CT molecular complexity index is 664. The fourth-order valence-corrected chi connectivity index (χ4v) is 2.55. The van der Waals surface area contributed by atoms with Crippen LogP contribution in [0.4, 0.5) is 11.8 Å². The largest absolute Gasteiger partial charge is 0.378 e. The van der Waals surface area contributed by atoms with Crippen molar-refractivity contribution in [1.29, 1.82) is 0 Å². The molecule has 0 spiro atoms. The molecule has 2 N–H and O–H groups in total. The molecule has 7 nitrogen and oxygen atoms in total. The molecule has 0 radical (unpaired) electrons. The molecule has 0 bridgehead atoms. The van der Waals surface area contributed by atoms with E-state index in [9.17, 15) is 0 Å². The van der Waals surface area contributed by atoms with Crippen molar-refractivity contribution in [3.05, 3.63) is 24.3 Å². The fraction of sp³-hybridized carbons (Fsp3) is 0.467. The number of morpholine rings is 1. The molecule has 7 heteroatoms. The van der Waals surface area contributed by atoms with E-state index in [1.807, 2.05) is 6.07 Å². The lowest BCUT2D eigenvalue weighted by Gasteiger charge is -2.28. The van der Waals surface area contributed by atoms with Gasteiger partial charge in [-0.15, -0.1) is 0 Å². The summed E-state index contributed by atoms with van der Waals surface area (Å²) < 4.78 is 5.42. The van der Waals surface area contributed by atoms with E-state index in [1.165, 1.54) is 12.8 Å². The molecule has 2 aromatic heterocycles. The van der Waals surface area contributed by atoms with Gasteiger partial charge in [-0.2, -0.15) is 0 Å². The first-order valence-corrected chi connectivity index (χ1v) is 7.59. The molecule has 3 heterocycles. The van der Waals surface area contributed by atoms with E-state index in [4.69, 9.17) is 20.4 Å². The summed E-state index contributed by atoms with van der Waals surface area (Å²) in [4.78, 5) is 19.8. The summed E-state index contributed by atoms with van der Waals surface area (Å²) >= 11 is 0. The minimum Gasteiger partial charge on any atom is -0.378 e. The Hall–Kier alpha value is -2.28. The van der Waals surface area contributed by atoms with Crippen LogP contribution in [0.25, 0.3) is 11.3 Å². The third-order valence-electron chi connectivity index (χ3n) is 3.98. The molecule has 1 saturated heterocycles. The zero-order valence-electron chi connectivity index (χ0n) is 12.3. The number of nitrogens with zero attached hydrogens (tertiary/aromatic N) is 5. The van der Waals surface area contributed by atoms with Gasteiger partial charge in [0.2, 0.25) is 5.95 Å². The molecular weight excluding hydrogens is 280 g/mol. The van der Waals surface area contributed by atoms with Crippen LogP contribution in [-0.2, 0) is 4.74 Å². The second-order valence-electron chi connectivity index (χ2n) is 5.67. The number of ether oxygens (including phenoxy) is 1. The fourth-order valence-electron chi connectivity index (χ4n) is 2.55. The average molecular weight is 298 g/mol. The van der Waals surface area contributed by atoms with Crippen LogP contribution in [-0.4, -0.2) is 46.2 Å². The summed E-state index contributed by atoms with van der Waals surface area (Å²) in [5, 5.41) is 0. The molecule has 0 unspecified atom stereocenters. The average Bonchev–Trinajstić information content (AvgIpc) is 3.41. The molecule has 1 aliphatic heterocycles. The van der Waals surface area contributed by atoms with E-state index in [-0.39, 0.29) is 5.95 Å². The summed E-state index contributed by atoms with van der Waals surface area (Å²) in [7, 11) is 0. The van der Waals surface area contributed by atoms with Gasteiger partial charge in [-0.05, 0) is 12.8 Å². The molecule has 0 atom stereocenters. The Morgan fingerprint density at radius 3 is 2.50 bits per heavy atom. The van der Waals surface area contributed by atoms with Crippen molar-refractivity contribution >= 4 is 11.8 Å². The van der Waals surface area contributed by atoms with E-state index in [0.717, 1.165) is 49.2 Å². The SMILES string of the molecule is Nc1ncc(-c2cc(N3CCOCC3)nc(C3CC3)n2)cn1. The van der Waals surface area contributed by atoms with Crippen LogP contribution in [0.5, 0.6) is 0 Å². The van der Waals surface area contributed by atoms with Crippen molar-refractivity contribution in [2.24, 2.45) is 0 Å². The molecule has 2 fully saturated rings. The lowest BCUT2D eigenvalue weighted by molar-refractivity contribution is 0.122. The van der Waals surface area contributed by atoms with Gasteiger partial charge in [0.05, 0.1) is 18.9 Å². The standard InChI is InChI=1S/C15H18N6O/c16-15-17-8-11(9-18-15)12-7-13(21-3-5-22-6-4-21)20-14(19-12)10-1-2-10/h7-10H,1-6H2,(H2,16,17,18). The molecule has 1 aliphatic carbocycles. The molecule has 1 saturated carbocycles. The quantitative estimate of drug-likeness (QED) is 0.911. The van der Waals surface area contributed by atoms with E-state index in [2.05, 4.69) is 14.9 Å². The van der Waals surface area contributed by atoms with Crippen LogP contribution in [0.3, 0.4) is 0 Å². The van der Waals surface area contributed by atoms with Gasteiger partial charge in [-0.1, -0.05) is 0 Å². The summed E-state index contributed by atoms with van der Waals surface area (Å²) in [6.45, 7) is 3.20. The summed E-state index contributed by atoms with van der Waals surface area (Å²) in [5.74, 6) is 2.66. The smallest absolute Gasteiger partial charge is 0.219 e. The van der Waals surface area contributed by atoms with Crippen molar-refractivity contribution in [2.75, 3.05) is 36.9 Å². The van der Waals surface area contributed by atoms with Crippen molar-refractivity contribution in [2.45, 2.75) is 18.8 Å². The van der Waals surface area contributed by atoms with Gasteiger partial charge in [0.1, 0.15) is 11.6 Å². The molecule has 2 aromatic rings. The van der Waals surface area contributed by atoms with Crippen LogP contribution < -0.4 is 10.6 Å². The van der Waals surface area contributed by atoms with Crippen LogP contribution >= 0.6 is 0 Å². The zero-order chi connectivity index (χ0) is 14.9. The highest BCUT2D eigenvalue weighted by Crippen LogP contribution is 2.39. The Morgan fingerprint density at radius 1 is 1.09 bits per heavy atom. The molecule has 4 rings (SSSR count). The molecule has 0 amide bonds. The van der Waals surface area contributed by atoms with Gasteiger partial charge in [0, 0.05) is 43.0 Å². The van der Waals surface area contributed by atoms with E-state index in [0.29, 0.717) is 5.92 Å². The number of aromatic nitrogens is 4. The monoisotopic (exact) mass is 298 g/mol. The van der Waals surface area contributed by atoms with Crippen LogP contribution in [0.2, 0.25) is 0 Å². The number of nitrogens with two attached hydrogens (primary N) is 1. The van der Waals surface area contributed by atoms with Gasteiger partial charge in [-0.25, -0.2) is 19.9 Å². The summed E-state index contributed by atoms with van der Waals surface area (Å²) in [6, 6.07) is 2.01. The molecule has 0 aromatic carbocycles. The predicted molar refractivity (Wildman–Crippen MR) is 82.5 cm³/mol. The Balaban J connectivity index is 1.73. The number of anilines is 2. The van der Waals surface area contributed by atoms with E-state index in [1.54, 1.807) is 12.4 Å². The normalized spacial score (nSPS) is 18.5. The number of rotatable bonds is 3. The van der Waals surface area contributed by atoms with Gasteiger partial charge in [0.15, 0.2) is 0 Å². The minimum absolute atomic E-state index is 0.272. The van der Waals surface area contributed by atoms with Crippen molar-refractivity contribution < 1.29 is 4.74 Å². The van der Waals surface area contributed by atoms with E-state index < -0.39 is 0 Å². The lowest BCUT2D eigenvalue weighted by atomic mass is 10.2. The van der Waals surface area contributed by atoms with Gasteiger partial charge >= 0.3 is 0 Å². The predicted octanol–water partition coefficient (Wildman–Crippen LogP) is 1.23. The third kappa shape index (κ3) is 2.71. The van der Waals surface area contributed by atoms with Gasteiger partial charge in [0.25, 0.3) is 0 Å². The van der Waals surface area contributed by atoms with Crippen LogP contribution in [0.1, 0.15) is 24.6 Å². The Kier molecular flexibility index (Phi) is 3.34. The first kappa shape index (κ1) is 13.4. The number of nitrogen functional groups attached to an aromatic ring is 1. The highest BCUT2D eigenvalue weighted by molar-refractivity contribution is 5.62. The third-order valence-corrected chi connectivity index (χ3v) is 3.98. The van der Waals surface area contributed by atoms with Crippen molar-refractivity contribution in [1.82, 2.24) is 19.9 Å². The maximum atomic E-state index is 5.56. The molecular formula is C15H18N6O. The van der Waals surface area contributed by atoms with Crippen LogP contribution in [0, 0.1) is 0 Å². The molecule has 2 aliphatic rings. The van der Waals surface area contributed by atoms with Gasteiger partial charge in [-0.3, -0.25) is 0 Å². The van der Waals surface area contributed by atoms with Crippen molar-refractivity contribution in [3.8, 4) is 11.3 Å². The molecule has 114 valence electrons. The maximum absolute atomic E-state index is 5.56. The summed E-state index contributed by atoms with van der Waals surface area (Å²) in [5.41, 5.74) is 7.29. The lowest BCUT2D eigenvalue weighted by Crippen LogP contribution is -2.37. The topological polar surface area (TPSA) is 90.0 Å².